The van der Waals surface area contributed by atoms with E-state index in [-0.39, 0.29) is 22.2 Å². The van der Waals surface area contributed by atoms with Crippen LogP contribution in [0, 0.1) is 5.92 Å². The smallest absolute Gasteiger partial charge is 0.341 e. The molecule has 9 heteroatoms. The van der Waals surface area contributed by atoms with Crippen molar-refractivity contribution in [2.45, 2.75) is 12.8 Å². The van der Waals surface area contributed by atoms with Crippen LogP contribution >= 0.6 is 23.2 Å². The Morgan fingerprint density at radius 3 is 2.20 bits per heavy atom. The lowest BCUT2D eigenvalue weighted by molar-refractivity contribution is -0.145. The summed E-state index contributed by atoms with van der Waals surface area (Å²) in [6.45, 7) is -0.564. The third kappa shape index (κ3) is 6.86. The summed E-state index contributed by atoms with van der Waals surface area (Å²) in [7, 11) is 0. The Hall–Kier alpha value is -2.90. The molecule has 158 valence electrons. The summed E-state index contributed by atoms with van der Waals surface area (Å²) in [6.07, 6.45) is -0.207. The number of hydrogen-bond acceptors (Lipinski definition) is 5. The van der Waals surface area contributed by atoms with Gasteiger partial charge in [-0.05, 0) is 24.1 Å². The van der Waals surface area contributed by atoms with Gasteiger partial charge in [0.2, 0.25) is 5.91 Å². The minimum absolute atomic E-state index is 0.0423. The number of amides is 1. The molecular weight excluding hydrogens is 433 g/mol. The van der Waals surface area contributed by atoms with Gasteiger partial charge in [0, 0.05) is 6.54 Å². The van der Waals surface area contributed by atoms with Gasteiger partial charge in [0.1, 0.15) is 5.92 Å². The first-order valence-electron chi connectivity index (χ1n) is 8.97. The van der Waals surface area contributed by atoms with Gasteiger partial charge < -0.3 is 15.2 Å². The fourth-order valence-electron chi connectivity index (χ4n) is 2.63. The molecule has 30 heavy (non-hydrogen) atoms. The third-order valence-electron chi connectivity index (χ3n) is 4.15. The van der Waals surface area contributed by atoms with Crippen molar-refractivity contribution in [3.63, 3.8) is 0 Å². The normalized spacial score (nSPS) is 11.4. The number of nitrogens with one attached hydrogen (secondary N) is 1. The molecule has 1 atom stereocenters. The van der Waals surface area contributed by atoms with Crippen molar-refractivity contribution in [2.75, 3.05) is 13.2 Å². The fraction of sp³-hybridized carbons (Fsp3) is 0.238. The van der Waals surface area contributed by atoms with Crippen LogP contribution in [0.5, 0.6) is 0 Å². The van der Waals surface area contributed by atoms with E-state index in [0.717, 1.165) is 5.56 Å². The van der Waals surface area contributed by atoms with Crippen LogP contribution in [0.3, 0.4) is 0 Å². The number of carboxylic acid groups (broad SMARTS) is 1. The lowest BCUT2D eigenvalue weighted by Crippen LogP contribution is -2.39. The van der Waals surface area contributed by atoms with Crippen LogP contribution in [0.2, 0.25) is 10.0 Å². The first-order chi connectivity index (χ1) is 14.3. The summed E-state index contributed by atoms with van der Waals surface area (Å²) in [5.41, 5.74) is 0.861. The molecule has 0 fully saturated rings. The van der Waals surface area contributed by atoms with Crippen LogP contribution in [0.4, 0.5) is 0 Å². The molecule has 0 heterocycles. The second-order valence-corrected chi connectivity index (χ2v) is 7.13. The van der Waals surface area contributed by atoms with Crippen LogP contribution in [0.25, 0.3) is 0 Å². The topological polar surface area (TPSA) is 110 Å². The van der Waals surface area contributed by atoms with Crippen LogP contribution in [0.1, 0.15) is 22.3 Å². The first kappa shape index (κ1) is 23.4. The average molecular weight is 452 g/mol. The van der Waals surface area contributed by atoms with Crippen molar-refractivity contribution < 1.29 is 29.0 Å². The van der Waals surface area contributed by atoms with E-state index in [1.807, 2.05) is 30.3 Å². The lowest BCUT2D eigenvalue weighted by Gasteiger charge is -2.15. The highest BCUT2D eigenvalue weighted by molar-refractivity contribution is 6.39. The summed E-state index contributed by atoms with van der Waals surface area (Å²) in [4.78, 5) is 48.0. The molecule has 0 unspecified atom stereocenters. The number of Topliss-reactive ketones (excluding diaryl/α,β-unsaturated/α-hetero) is 1. The Bertz CT molecular complexity index is 912. The van der Waals surface area contributed by atoms with Crippen molar-refractivity contribution >= 4 is 46.8 Å². The number of carbonyl (C=O) groups excluding carboxylic acids is 3. The van der Waals surface area contributed by atoms with Gasteiger partial charge in [0.15, 0.2) is 12.4 Å². The maximum atomic E-state index is 12.4. The molecule has 2 rings (SSSR count). The molecule has 2 N–H and O–H groups in total. The Balaban J connectivity index is 1.96. The molecule has 0 spiro atoms. The van der Waals surface area contributed by atoms with Crippen LogP contribution in [0.15, 0.2) is 48.5 Å². The van der Waals surface area contributed by atoms with Crippen molar-refractivity contribution in [1.82, 2.24) is 5.32 Å². The molecule has 0 radical (unpaired) electrons. The van der Waals surface area contributed by atoms with Crippen LogP contribution in [-0.4, -0.2) is 41.9 Å². The molecule has 0 aromatic heterocycles. The van der Waals surface area contributed by atoms with Gasteiger partial charge in [0.25, 0.3) is 0 Å². The number of carbonyl (C=O) groups is 4. The SMILES string of the molecule is O=C(O)C[C@@H](C(=O)COC(=O)c1c(Cl)cccc1Cl)C(=O)NCCc1ccccc1. The maximum Gasteiger partial charge on any atom is 0.341 e. The maximum absolute atomic E-state index is 12.4. The number of carboxylic acids is 1. The zero-order chi connectivity index (χ0) is 22.1. The number of benzene rings is 2. The van der Waals surface area contributed by atoms with E-state index in [1.54, 1.807) is 0 Å². The number of rotatable bonds is 10. The predicted octanol–water partition coefficient (Wildman–Crippen LogP) is 3.17. The molecule has 1 amide bonds. The summed E-state index contributed by atoms with van der Waals surface area (Å²) in [5, 5.41) is 11.7. The number of esters is 1. The summed E-state index contributed by atoms with van der Waals surface area (Å²) in [6, 6.07) is 13.7. The second kappa shape index (κ2) is 11.3. The minimum atomic E-state index is -1.49. The number of halogens is 2. The number of hydrogen-bond donors (Lipinski definition) is 2. The van der Waals surface area contributed by atoms with E-state index in [4.69, 9.17) is 33.0 Å². The Morgan fingerprint density at radius 2 is 1.60 bits per heavy atom. The van der Waals surface area contributed by atoms with E-state index in [9.17, 15) is 19.2 Å². The highest BCUT2D eigenvalue weighted by atomic mass is 35.5. The van der Waals surface area contributed by atoms with Gasteiger partial charge in [0.05, 0.1) is 22.0 Å². The summed E-state index contributed by atoms with van der Waals surface area (Å²) in [5.74, 6) is -5.35. The van der Waals surface area contributed by atoms with E-state index in [0.29, 0.717) is 6.42 Å². The van der Waals surface area contributed by atoms with Gasteiger partial charge in [-0.15, -0.1) is 0 Å². The van der Waals surface area contributed by atoms with Crippen molar-refractivity contribution in [2.24, 2.45) is 5.92 Å². The monoisotopic (exact) mass is 451 g/mol. The summed E-state index contributed by atoms with van der Waals surface area (Å²) >= 11 is 11.8. The number of aliphatic carboxylic acids is 1. The zero-order valence-corrected chi connectivity index (χ0v) is 17.3. The molecule has 0 aliphatic rings. The number of ketones is 1. The fourth-order valence-corrected chi connectivity index (χ4v) is 3.18. The average Bonchev–Trinajstić information content (AvgIpc) is 2.70. The van der Waals surface area contributed by atoms with E-state index < -0.39 is 42.6 Å². The van der Waals surface area contributed by atoms with Gasteiger partial charge in [-0.2, -0.15) is 0 Å². The highest BCUT2D eigenvalue weighted by Crippen LogP contribution is 2.25. The Labute approximate surface area is 182 Å². The quantitative estimate of drug-likeness (QED) is 0.423. The van der Waals surface area contributed by atoms with Crippen molar-refractivity contribution in [1.29, 1.82) is 0 Å². The molecule has 0 saturated heterocycles. The van der Waals surface area contributed by atoms with Gasteiger partial charge >= 0.3 is 11.9 Å². The standard InChI is InChI=1S/C21H19Cl2NO6/c22-15-7-4-8-16(23)19(15)21(29)30-12-17(25)14(11-18(26)27)20(28)24-10-9-13-5-2-1-3-6-13/h1-8,14H,9-12H2,(H,24,28)(H,26,27)/t14-/m0/s1. The molecular formula is C21H19Cl2NO6. The van der Waals surface area contributed by atoms with E-state index in [2.05, 4.69) is 5.32 Å². The highest BCUT2D eigenvalue weighted by Gasteiger charge is 2.30. The first-order valence-corrected chi connectivity index (χ1v) is 9.72. The minimum Gasteiger partial charge on any atom is -0.481 e. The van der Waals surface area contributed by atoms with Gasteiger partial charge in [-0.1, -0.05) is 59.6 Å². The van der Waals surface area contributed by atoms with Crippen molar-refractivity contribution in [3.05, 3.63) is 69.7 Å². The largest absolute Gasteiger partial charge is 0.481 e. The molecule has 0 aliphatic carbocycles. The summed E-state index contributed by atoms with van der Waals surface area (Å²) < 4.78 is 4.91. The van der Waals surface area contributed by atoms with Crippen LogP contribution < -0.4 is 5.32 Å². The number of ether oxygens (including phenoxy) is 1. The van der Waals surface area contributed by atoms with E-state index in [1.165, 1.54) is 18.2 Å². The third-order valence-corrected chi connectivity index (χ3v) is 4.78. The van der Waals surface area contributed by atoms with Crippen LogP contribution in [-0.2, 0) is 25.5 Å². The molecule has 0 bridgehead atoms. The second-order valence-electron chi connectivity index (χ2n) is 6.32. The van der Waals surface area contributed by atoms with Crippen molar-refractivity contribution in [3.8, 4) is 0 Å². The Kier molecular flexibility index (Phi) is 8.83. The zero-order valence-electron chi connectivity index (χ0n) is 15.8. The van der Waals surface area contributed by atoms with Gasteiger partial charge in [-0.25, -0.2) is 4.79 Å². The predicted molar refractivity (Wildman–Crippen MR) is 111 cm³/mol. The molecule has 7 nitrogen and oxygen atoms in total. The molecule has 0 aliphatic heterocycles. The Morgan fingerprint density at radius 1 is 0.967 bits per heavy atom. The lowest BCUT2D eigenvalue weighted by atomic mass is 9.99. The molecule has 2 aromatic carbocycles. The molecule has 0 saturated carbocycles. The van der Waals surface area contributed by atoms with Gasteiger partial charge in [-0.3, -0.25) is 14.4 Å². The molecule has 2 aromatic rings. The van der Waals surface area contributed by atoms with E-state index >= 15 is 0 Å².